The zero-order chi connectivity index (χ0) is 12.1. The minimum atomic E-state index is -0.369. The second-order valence-electron chi connectivity index (χ2n) is 3.70. The molecule has 1 aromatic heterocycles. The van der Waals surface area contributed by atoms with E-state index in [1.54, 1.807) is 11.8 Å². The Hall–Kier alpha value is -0.480. The van der Waals surface area contributed by atoms with Gasteiger partial charge in [0.2, 0.25) is 0 Å². The molecule has 0 spiro atoms. The first kappa shape index (κ1) is 13.6. The van der Waals surface area contributed by atoms with Gasteiger partial charge in [-0.05, 0) is 31.4 Å². The molecule has 0 N–H and O–H groups in total. The quantitative estimate of drug-likeness (QED) is 0.809. The summed E-state index contributed by atoms with van der Waals surface area (Å²) in [6.07, 6.45) is 4.53. The highest BCUT2D eigenvalue weighted by Gasteiger charge is 2.15. The van der Waals surface area contributed by atoms with Gasteiger partial charge in [0.05, 0.1) is 5.02 Å². The Bertz CT molecular complexity index is 349. The summed E-state index contributed by atoms with van der Waals surface area (Å²) < 4.78 is 13.6. The van der Waals surface area contributed by atoms with E-state index >= 15 is 0 Å². The Labute approximate surface area is 105 Å². The highest BCUT2D eigenvalue weighted by molar-refractivity contribution is 7.98. The van der Waals surface area contributed by atoms with Crippen LogP contribution in [0.2, 0.25) is 5.02 Å². The molecule has 0 aliphatic heterocycles. The van der Waals surface area contributed by atoms with E-state index in [-0.39, 0.29) is 11.9 Å². The third kappa shape index (κ3) is 3.52. The van der Waals surface area contributed by atoms with Gasteiger partial charge in [-0.3, -0.25) is 0 Å². The van der Waals surface area contributed by atoms with Crippen LogP contribution in [0.1, 0.15) is 13.3 Å². The van der Waals surface area contributed by atoms with Crippen molar-refractivity contribution in [2.24, 2.45) is 0 Å². The molecule has 90 valence electrons. The van der Waals surface area contributed by atoms with Gasteiger partial charge in [0.25, 0.3) is 0 Å². The monoisotopic (exact) mass is 262 g/mol. The van der Waals surface area contributed by atoms with E-state index in [1.165, 1.54) is 12.3 Å². The van der Waals surface area contributed by atoms with Gasteiger partial charge >= 0.3 is 0 Å². The summed E-state index contributed by atoms with van der Waals surface area (Å²) in [5.74, 6) is 1.05. The van der Waals surface area contributed by atoms with Crippen LogP contribution in [0.4, 0.5) is 10.2 Å². The van der Waals surface area contributed by atoms with Crippen LogP contribution in [0.3, 0.4) is 0 Å². The Morgan fingerprint density at radius 3 is 2.88 bits per heavy atom. The molecule has 1 heterocycles. The van der Waals surface area contributed by atoms with E-state index in [0.29, 0.717) is 10.8 Å². The summed E-state index contributed by atoms with van der Waals surface area (Å²) in [5, 5.41) is 0.325. The van der Waals surface area contributed by atoms with E-state index in [9.17, 15) is 4.39 Å². The summed E-state index contributed by atoms with van der Waals surface area (Å²) >= 11 is 7.45. The van der Waals surface area contributed by atoms with Crippen LogP contribution in [0.25, 0.3) is 0 Å². The summed E-state index contributed by atoms with van der Waals surface area (Å²) in [7, 11) is 1.85. The van der Waals surface area contributed by atoms with Crippen molar-refractivity contribution in [3.05, 3.63) is 23.1 Å². The maximum Gasteiger partial charge on any atom is 0.167 e. The van der Waals surface area contributed by atoms with E-state index in [1.807, 2.05) is 11.9 Å². The van der Waals surface area contributed by atoms with Crippen molar-refractivity contribution in [3.63, 3.8) is 0 Å². The highest BCUT2D eigenvalue weighted by atomic mass is 35.5. The van der Waals surface area contributed by atoms with E-state index in [0.717, 1.165) is 12.2 Å². The van der Waals surface area contributed by atoms with Crippen molar-refractivity contribution in [1.29, 1.82) is 0 Å². The van der Waals surface area contributed by atoms with Crippen LogP contribution < -0.4 is 4.90 Å². The van der Waals surface area contributed by atoms with Crippen molar-refractivity contribution in [2.75, 3.05) is 24.0 Å². The van der Waals surface area contributed by atoms with Crippen molar-refractivity contribution in [3.8, 4) is 0 Å². The number of anilines is 1. The highest BCUT2D eigenvalue weighted by Crippen LogP contribution is 2.21. The lowest BCUT2D eigenvalue weighted by Crippen LogP contribution is -2.30. The molecular weight excluding hydrogens is 247 g/mol. The average Bonchev–Trinajstić information content (AvgIpc) is 2.25. The summed E-state index contributed by atoms with van der Waals surface area (Å²) in [6.45, 7) is 2.06. The Morgan fingerprint density at radius 2 is 2.31 bits per heavy atom. The van der Waals surface area contributed by atoms with Crippen molar-refractivity contribution in [1.82, 2.24) is 4.98 Å². The van der Waals surface area contributed by atoms with Crippen molar-refractivity contribution in [2.45, 2.75) is 19.4 Å². The van der Waals surface area contributed by atoms with Crippen LogP contribution in [-0.4, -0.2) is 30.1 Å². The minimum Gasteiger partial charge on any atom is -0.355 e. The standard InChI is InChI=1S/C11H16ClFN2S/c1-8(4-5-16-3)15(2)11-10(13)6-9(12)7-14-11/h6-8H,4-5H2,1-3H3. The number of rotatable bonds is 5. The van der Waals surface area contributed by atoms with Gasteiger partial charge in [-0.15, -0.1) is 0 Å². The second-order valence-corrected chi connectivity index (χ2v) is 5.12. The number of thioether (sulfide) groups is 1. The number of hydrogen-bond donors (Lipinski definition) is 0. The SMILES string of the molecule is CSCCC(C)N(C)c1ncc(Cl)cc1F. The molecule has 16 heavy (non-hydrogen) atoms. The minimum absolute atomic E-state index is 0.260. The van der Waals surface area contributed by atoms with E-state index in [2.05, 4.69) is 18.2 Å². The molecule has 2 nitrogen and oxygen atoms in total. The molecule has 0 radical (unpaired) electrons. The van der Waals surface area contributed by atoms with Gasteiger partial charge in [-0.2, -0.15) is 11.8 Å². The molecule has 1 unspecified atom stereocenters. The lowest BCUT2D eigenvalue weighted by molar-refractivity contribution is 0.591. The predicted octanol–water partition coefficient (Wildman–Crippen LogP) is 3.45. The topological polar surface area (TPSA) is 16.1 Å². The van der Waals surface area contributed by atoms with Gasteiger partial charge in [-0.25, -0.2) is 9.37 Å². The number of aromatic nitrogens is 1. The molecule has 0 bridgehead atoms. The molecule has 5 heteroatoms. The third-order valence-corrected chi connectivity index (χ3v) is 3.37. The molecule has 1 atom stereocenters. The summed E-state index contributed by atoms with van der Waals surface area (Å²) in [5.41, 5.74) is 0. The zero-order valence-electron chi connectivity index (χ0n) is 9.70. The number of halogens is 2. The lowest BCUT2D eigenvalue weighted by atomic mass is 10.2. The zero-order valence-corrected chi connectivity index (χ0v) is 11.3. The molecule has 0 amide bonds. The smallest absolute Gasteiger partial charge is 0.167 e. The number of pyridine rings is 1. The van der Waals surface area contributed by atoms with Crippen LogP contribution in [0.15, 0.2) is 12.3 Å². The van der Waals surface area contributed by atoms with Gasteiger partial charge in [0.15, 0.2) is 11.6 Å². The molecule has 0 fully saturated rings. The second kappa shape index (κ2) is 6.30. The molecule has 0 aliphatic carbocycles. The Balaban J connectivity index is 2.75. The number of hydrogen-bond acceptors (Lipinski definition) is 3. The number of nitrogens with zero attached hydrogens (tertiary/aromatic N) is 2. The van der Waals surface area contributed by atoms with Gasteiger partial charge < -0.3 is 4.90 Å². The third-order valence-electron chi connectivity index (χ3n) is 2.52. The molecule has 0 aliphatic rings. The molecule has 0 saturated heterocycles. The molecule has 0 aromatic carbocycles. The fourth-order valence-electron chi connectivity index (χ4n) is 1.36. The Kier molecular flexibility index (Phi) is 5.35. The first-order valence-corrected chi connectivity index (χ1v) is 6.86. The van der Waals surface area contributed by atoms with Gasteiger partial charge in [0, 0.05) is 19.3 Å². The van der Waals surface area contributed by atoms with Crippen LogP contribution in [0, 0.1) is 5.82 Å². The molecule has 1 aromatic rings. The predicted molar refractivity (Wildman–Crippen MR) is 70.1 cm³/mol. The first-order chi connectivity index (χ1) is 7.56. The van der Waals surface area contributed by atoms with Crippen LogP contribution >= 0.6 is 23.4 Å². The normalized spacial score (nSPS) is 12.6. The summed E-state index contributed by atoms with van der Waals surface area (Å²) in [4.78, 5) is 5.87. The van der Waals surface area contributed by atoms with Gasteiger partial charge in [-0.1, -0.05) is 11.6 Å². The van der Waals surface area contributed by atoms with Crippen LogP contribution in [0.5, 0.6) is 0 Å². The van der Waals surface area contributed by atoms with Crippen molar-refractivity contribution < 1.29 is 4.39 Å². The van der Waals surface area contributed by atoms with E-state index < -0.39 is 0 Å². The van der Waals surface area contributed by atoms with E-state index in [4.69, 9.17) is 11.6 Å². The van der Waals surface area contributed by atoms with Crippen molar-refractivity contribution >= 4 is 29.2 Å². The molecule has 0 saturated carbocycles. The van der Waals surface area contributed by atoms with Crippen LogP contribution in [-0.2, 0) is 0 Å². The molecule has 1 rings (SSSR count). The van der Waals surface area contributed by atoms with Gasteiger partial charge in [0.1, 0.15) is 0 Å². The Morgan fingerprint density at radius 1 is 1.62 bits per heavy atom. The maximum atomic E-state index is 13.6. The molecular formula is C11H16ClFN2S. The maximum absolute atomic E-state index is 13.6. The largest absolute Gasteiger partial charge is 0.355 e. The average molecular weight is 263 g/mol. The fourth-order valence-corrected chi connectivity index (χ4v) is 2.08. The summed E-state index contributed by atoms with van der Waals surface area (Å²) in [6, 6.07) is 1.55. The lowest BCUT2D eigenvalue weighted by Gasteiger charge is -2.26. The first-order valence-electron chi connectivity index (χ1n) is 5.09. The fraction of sp³-hybridized carbons (Fsp3) is 0.545.